The van der Waals surface area contributed by atoms with Gasteiger partial charge in [-0.1, -0.05) is 11.6 Å². The molecule has 0 unspecified atom stereocenters. The topological polar surface area (TPSA) is 17.1 Å². The molecule has 0 aromatic heterocycles. The highest BCUT2D eigenvalue weighted by Crippen LogP contribution is 1.95. The largest absolute Gasteiger partial charge is 0.281 e. The highest BCUT2D eigenvalue weighted by Gasteiger charge is 1.88. The van der Waals surface area contributed by atoms with Crippen LogP contribution < -0.4 is 0 Å². The molecule has 0 bridgehead atoms. The van der Waals surface area contributed by atoms with Crippen LogP contribution in [-0.4, -0.2) is 5.24 Å². The van der Waals surface area contributed by atoms with Crippen molar-refractivity contribution in [3.63, 3.8) is 0 Å². The summed E-state index contributed by atoms with van der Waals surface area (Å²) in [6, 6.07) is 0. The van der Waals surface area contributed by atoms with Crippen LogP contribution in [0.1, 0.15) is 20.3 Å². The molecule has 0 aliphatic heterocycles. The monoisotopic (exact) mass is 132 g/mol. The first-order valence-corrected chi connectivity index (χ1v) is 2.82. The van der Waals surface area contributed by atoms with Gasteiger partial charge < -0.3 is 0 Å². The molecular weight excluding hydrogens is 124 g/mol. The first-order valence-electron chi connectivity index (χ1n) is 2.44. The number of hydrogen-bond acceptors (Lipinski definition) is 1. The van der Waals surface area contributed by atoms with Gasteiger partial charge in [0.1, 0.15) is 0 Å². The second-order valence-corrected chi connectivity index (χ2v) is 2.26. The van der Waals surface area contributed by atoms with Crippen molar-refractivity contribution in [2.24, 2.45) is 0 Å². The van der Waals surface area contributed by atoms with Gasteiger partial charge >= 0.3 is 0 Å². The minimum Gasteiger partial charge on any atom is -0.281 e. The van der Waals surface area contributed by atoms with Crippen LogP contribution in [0.5, 0.6) is 0 Å². The Morgan fingerprint density at radius 3 is 2.25 bits per heavy atom. The quantitative estimate of drug-likeness (QED) is 0.416. The second-order valence-electron chi connectivity index (χ2n) is 1.84. The molecule has 0 aliphatic carbocycles. The third kappa shape index (κ3) is 5.70. The molecule has 1 nitrogen and oxygen atoms in total. The fraction of sp³-hybridized carbons (Fsp3) is 0.500. The first-order chi connectivity index (χ1) is 3.63. The predicted octanol–water partition coefficient (Wildman–Crippen LogP) is 2.11. The molecule has 46 valence electrons. The maximum absolute atomic E-state index is 10.1. The SMILES string of the molecule is CC(C)=CCC(=O)Cl. The summed E-state index contributed by atoms with van der Waals surface area (Å²) in [5.41, 5.74) is 1.12. The lowest BCUT2D eigenvalue weighted by Crippen LogP contribution is -1.80. The van der Waals surface area contributed by atoms with Crippen LogP contribution in [0.25, 0.3) is 0 Å². The highest BCUT2D eigenvalue weighted by molar-refractivity contribution is 6.63. The molecular formula is C6H9ClO. The Balaban J connectivity index is 3.45. The fourth-order valence-electron chi connectivity index (χ4n) is 0.284. The Hall–Kier alpha value is -0.300. The maximum Gasteiger partial charge on any atom is 0.225 e. The zero-order chi connectivity index (χ0) is 6.57. The average Bonchev–Trinajstić information content (AvgIpc) is 1.61. The van der Waals surface area contributed by atoms with E-state index in [1.165, 1.54) is 0 Å². The van der Waals surface area contributed by atoms with E-state index in [0.717, 1.165) is 5.57 Å². The van der Waals surface area contributed by atoms with E-state index in [1.54, 1.807) is 6.08 Å². The van der Waals surface area contributed by atoms with Crippen molar-refractivity contribution in [2.45, 2.75) is 20.3 Å². The highest BCUT2D eigenvalue weighted by atomic mass is 35.5. The fourth-order valence-corrected chi connectivity index (χ4v) is 0.362. The van der Waals surface area contributed by atoms with Crippen molar-refractivity contribution in [2.75, 3.05) is 0 Å². The van der Waals surface area contributed by atoms with E-state index in [0.29, 0.717) is 6.42 Å². The summed E-state index contributed by atoms with van der Waals surface area (Å²) in [7, 11) is 0. The van der Waals surface area contributed by atoms with Gasteiger partial charge in [-0.25, -0.2) is 0 Å². The van der Waals surface area contributed by atoms with Crippen molar-refractivity contribution in [1.82, 2.24) is 0 Å². The van der Waals surface area contributed by atoms with Gasteiger partial charge in [-0.05, 0) is 25.4 Å². The zero-order valence-electron chi connectivity index (χ0n) is 5.07. The normalized spacial score (nSPS) is 8.38. The molecule has 2 heteroatoms. The van der Waals surface area contributed by atoms with E-state index in [-0.39, 0.29) is 5.24 Å². The van der Waals surface area contributed by atoms with Gasteiger partial charge in [0.25, 0.3) is 0 Å². The Bertz CT molecular complexity index is 112. The third-order valence-electron chi connectivity index (χ3n) is 0.671. The van der Waals surface area contributed by atoms with Crippen molar-refractivity contribution in [3.8, 4) is 0 Å². The lowest BCUT2D eigenvalue weighted by molar-refractivity contribution is -0.110. The molecule has 0 amide bonds. The summed E-state index contributed by atoms with van der Waals surface area (Å²) >= 11 is 5.04. The van der Waals surface area contributed by atoms with Crippen molar-refractivity contribution in [1.29, 1.82) is 0 Å². The van der Waals surface area contributed by atoms with E-state index in [9.17, 15) is 4.79 Å². The number of carbonyl (C=O) groups excluding carboxylic acids is 1. The van der Waals surface area contributed by atoms with E-state index in [2.05, 4.69) is 0 Å². The predicted molar refractivity (Wildman–Crippen MR) is 34.9 cm³/mol. The molecule has 0 radical (unpaired) electrons. The summed E-state index contributed by atoms with van der Waals surface area (Å²) in [5.74, 6) is 0. The molecule has 0 saturated heterocycles. The smallest absolute Gasteiger partial charge is 0.225 e. The number of allylic oxidation sites excluding steroid dienone is 2. The van der Waals surface area contributed by atoms with Crippen molar-refractivity contribution < 1.29 is 4.79 Å². The summed E-state index contributed by atoms with van der Waals surface area (Å²) in [6.45, 7) is 3.86. The van der Waals surface area contributed by atoms with Gasteiger partial charge in [0, 0.05) is 6.42 Å². The lowest BCUT2D eigenvalue weighted by Gasteiger charge is -1.83. The average molecular weight is 133 g/mol. The van der Waals surface area contributed by atoms with Gasteiger partial charge in [0.2, 0.25) is 5.24 Å². The zero-order valence-corrected chi connectivity index (χ0v) is 5.83. The molecule has 0 aromatic carbocycles. The van der Waals surface area contributed by atoms with Gasteiger partial charge in [-0.15, -0.1) is 0 Å². The summed E-state index contributed by atoms with van der Waals surface area (Å²) in [4.78, 5) is 10.1. The van der Waals surface area contributed by atoms with Gasteiger partial charge in [0.05, 0.1) is 0 Å². The lowest BCUT2D eigenvalue weighted by atomic mass is 10.3. The standard InChI is InChI=1S/C6H9ClO/c1-5(2)3-4-6(7)8/h3H,4H2,1-2H3. The molecule has 0 aliphatic rings. The maximum atomic E-state index is 10.1. The molecule has 0 spiro atoms. The minimum absolute atomic E-state index is 0.300. The van der Waals surface area contributed by atoms with E-state index >= 15 is 0 Å². The molecule has 0 N–H and O–H groups in total. The van der Waals surface area contributed by atoms with Crippen LogP contribution in [-0.2, 0) is 4.79 Å². The summed E-state index contributed by atoms with van der Waals surface area (Å²) in [5, 5.41) is -0.300. The number of hydrogen-bond donors (Lipinski definition) is 0. The van der Waals surface area contributed by atoms with E-state index < -0.39 is 0 Å². The third-order valence-corrected chi connectivity index (χ3v) is 0.825. The van der Waals surface area contributed by atoms with Crippen LogP contribution in [0.15, 0.2) is 11.6 Å². The number of carbonyl (C=O) groups is 1. The van der Waals surface area contributed by atoms with Crippen molar-refractivity contribution >= 4 is 16.8 Å². The van der Waals surface area contributed by atoms with Crippen LogP contribution in [0.3, 0.4) is 0 Å². The van der Waals surface area contributed by atoms with Crippen LogP contribution >= 0.6 is 11.6 Å². The van der Waals surface area contributed by atoms with Gasteiger partial charge in [-0.2, -0.15) is 0 Å². The molecule has 8 heavy (non-hydrogen) atoms. The molecule has 0 atom stereocenters. The van der Waals surface area contributed by atoms with Crippen LogP contribution in [0, 0.1) is 0 Å². The van der Waals surface area contributed by atoms with E-state index in [4.69, 9.17) is 11.6 Å². The second kappa shape index (κ2) is 3.67. The van der Waals surface area contributed by atoms with Gasteiger partial charge in [-0.3, -0.25) is 4.79 Å². The number of rotatable bonds is 2. The van der Waals surface area contributed by atoms with E-state index in [1.807, 2.05) is 13.8 Å². The molecule has 0 fully saturated rings. The first kappa shape index (κ1) is 7.70. The Morgan fingerprint density at radius 1 is 1.62 bits per heavy atom. The van der Waals surface area contributed by atoms with Crippen molar-refractivity contribution in [3.05, 3.63) is 11.6 Å². The van der Waals surface area contributed by atoms with Crippen LogP contribution in [0.4, 0.5) is 0 Å². The van der Waals surface area contributed by atoms with Crippen LogP contribution in [0.2, 0.25) is 0 Å². The summed E-state index contributed by atoms with van der Waals surface area (Å²) in [6.07, 6.45) is 2.15. The molecule has 0 heterocycles. The molecule has 0 rings (SSSR count). The van der Waals surface area contributed by atoms with Gasteiger partial charge in [0.15, 0.2) is 0 Å². The summed E-state index contributed by atoms with van der Waals surface area (Å²) < 4.78 is 0. The Kier molecular flexibility index (Phi) is 3.53. The number of halogens is 1. The Morgan fingerprint density at radius 2 is 2.12 bits per heavy atom. The molecule has 0 saturated carbocycles. The Labute approximate surface area is 54.3 Å². The minimum atomic E-state index is -0.300. The molecule has 0 aromatic rings.